The van der Waals surface area contributed by atoms with Crippen LogP contribution >= 0.6 is 0 Å². The Kier molecular flexibility index (Phi) is 9.94. The highest BCUT2D eigenvalue weighted by atomic mass is 16.5. The molecule has 0 radical (unpaired) electrons. The average Bonchev–Trinajstić information content (AvgIpc) is 2.79. The van der Waals surface area contributed by atoms with Crippen LogP contribution in [0, 0.1) is 0 Å². The summed E-state index contributed by atoms with van der Waals surface area (Å²) in [6, 6.07) is 0. The van der Waals surface area contributed by atoms with Crippen LogP contribution in [-0.2, 0) is 19.1 Å². The van der Waals surface area contributed by atoms with Gasteiger partial charge in [0.2, 0.25) is 11.8 Å². The molecule has 0 saturated heterocycles. The molecule has 12 nitrogen and oxygen atoms in total. The smallest absolute Gasteiger partial charge is 0.252 e. The summed E-state index contributed by atoms with van der Waals surface area (Å²) in [5.41, 5.74) is 0.631. The number of ether oxygens (including phenoxy) is 2. The Morgan fingerprint density at radius 1 is 0.844 bits per heavy atom. The molecule has 2 heterocycles. The van der Waals surface area contributed by atoms with Crippen molar-refractivity contribution in [2.24, 2.45) is 0 Å². The standard InChI is InChI=1S/C20H26N8O4/c1-5-9-31-11-7-27(15(3)29)19-23-17(13-21-25-19)18-14-22-26-20(24-18)28(16(4)30)8-12-32-10-6-2/h5-6,13-14H,1-2,7-12H2,3-4H3. The van der Waals surface area contributed by atoms with Gasteiger partial charge in [-0.2, -0.15) is 10.2 Å². The van der Waals surface area contributed by atoms with E-state index in [1.807, 2.05) is 0 Å². The first-order valence-electron chi connectivity index (χ1n) is 9.81. The fourth-order valence-corrected chi connectivity index (χ4v) is 2.51. The van der Waals surface area contributed by atoms with Crippen molar-refractivity contribution in [1.82, 2.24) is 30.4 Å². The average molecular weight is 442 g/mol. The molecule has 2 aromatic rings. The monoisotopic (exact) mass is 442 g/mol. The van der Waals surface area contributed by atoms with Gasteiger partial charge in [0.25, 0.3) is 11.9 Å². The number of amides is 2. The molecule has 170 valence electrons. The lowest BCUT2D eigenvalue weighted by atomic mass is 10.3. The topological polar surface area (TPSA) is 136 Å². The van der Waals surface area contributed by atoms with Gasteiger partial charge in [-0.25, -0.2) is 9.97 Å². The lowest BCUT2D eigenvalue weighted by Crippen LogP contribution is -2.34. The third kappa shape index (κ3) is 7.25. The molecule has 2 aromatic heterocycles. The van der Waals surface area contributed by atoms with Crippen LogP contribution in [0.25, 0.3) is 11.4 Å². The summed E-state index contributed by atoms with van der Waals surface area (Å²) in [4.78, 5) is 35.6. The molecule has 0 bridgehead atoms. The minimum absolute atomic E-state index is 0.0959. The van der Waals surface area contributed by atoms with Crippen molar-refractivity contribution in [2.45, 2.75) is 13.8 Å². The zero-order valence-corrected chi connectivity index (χ0v) is 18.2. The predicted octanol–water partition coefficient (Wildman–Crippen LogP) is 0.835. The Balaban J connectivity index is 2.24. The number of hydrogen-bond donors (Lipinski definition) is 0. The summed E-state index contributed by atoms with van der Waals surface area (Å²) in [6.07, 6.45) is 6.00. The minimum Gasteiger partial charge on any atom is -0.376 e. The fourth-order valence-electron chi connectivity index (χ4n) is 2.51. The van der Waals surface area contributed by atoms with Crippen molar-refractivity contribution in [3.05, 3.63) is 37.7 Å². The van der Waals surface area contributed by atoms with E-state index >= 15 is 0 Å². The van der Waals surface area contributed by atoms with Gasteiger partial charge in [-0.15, -0.1) is 23.4 Å². The second kappa shape index (κ2) is 12.9. The first kappa shape index (κ1) is 24.6. The second-order valence-electron chi connectivity index (χ2n) is 6.35. The number of nitrogens with zero attached hydrogens (tertiary/aromatic N) is 8. The number of aromatic nitrogens is 6. The van der Waals surface area contributed by atoms with Crippen LogP contribution in [0.2, 0.25) is 0 Å². The lowest BCUT2D eigenvalue weighted by molar-refractivity contribution is -0.117. The largest absolute Gasteiger partial charge is 0.376 e. The Morgan fingerprint density at radius 3 is 1.59 bits per heavy atom. The number of rotatable bonds is 13. The summed E-state index contributed by atoms with van der Waals surface area (Å²) in [5.74, 6) is -0.345. The summed E-state index contributed by atoms with van der Waals surface area (Å²) < 4.78 is 10.7. The SMILES string of the molecule is C=CCOCCN(C(C)=O)c1nncc(-c2cnnc(N(CCOCC=C)C(C)=O)n2)n1. The van der Waals surface area contributed by atoms with E-state index in [9.17, 15) is 9.59 Å². The third-order valence-corrected chi connectivity index (χ3v) is 3.99. The summed E-state index contributed by atoms with van der Waals surface area (Å²) in [7, 11) is 0. The first-order chi connectivity index (χ1) is 15.5. The van der Waals surface area contributed by atoms with Crippen molar-refractivity contribution in [1.29, 1.82) is 0 Å². The molecule has 0 fully saturated rings. The van der Waals surface area contributed by atoms with E-state index in [4.69, 9.17) is 9.47 Å². The van der Waals surface area contributed by atoms with Crippen molar-refractivity contribution in [3.8, 4) is 11.4 Å². The van der Waals surface area contributed by atoms with Gasteiger partial charge in [-0.05, 0) is 0 Å². The van der Waals surface area contributed by atoms with E-state index < -0.39 is 0 Å². The molecule has 0 saturated carbocycles. The van der Waals surface area contributed by atoms with Crippen LogP contribution in [0.15, 0.2) is 37.7 Å². The Labute approximate surface area is 186 Å². The van der Waals surface area contributed by atoms with E-state index in [2.05, 4.69) is 43.5 Å². The zero-order chi connectivity index (χ0) is 23.3. The molecule has 32 heavy (non-hydrogen) atoms. The molecule has 0 aromatic carbocycles. The van der Waals surface area contributed by atoms with E-state index in [-0.39, 0.29) is 50.0 Å². The molecule has 0 N–H and O–H groups in total. The van der Waals surface area contributed by atoms with Crippen LogP contribution < -0.4 is 9.80 Å². The molecule has 0 spiro atoms. The van der Waals surface area contributed by atoms with E-state index in [1.54, 1.807) is 12.2 Å². The molecule has 0 aliphatic carbocycles. The lowest BCUT2D eigenvalue weighted by Gasteiger charge is -2.19. The van der Waals surface area contributed by atoms with E-state index in [1.165, 1.54) is 36.0 Å². The highest BCUT2D eigenvalue weighted by Crippen LogP contribution is 2.17. The number of carbonyl (C=O) groups excluding carboxylic acids is 2. The zero-order valence-electron chi connectivity index (χ0n) is 18.2. The molecule has 0 aliphatic heterocycles. The number of carbonyl (C=O) groups is 2. The van der Waals surface area contributed by atoms with E-state index in [0.29, 0.717) is 24.6 Å². The van der Waals surface area contributed by atoms with E-state index in [0.717, 1.165) is 0 Å². The Bertz CT molecular complexity index is 864. The van der Waals surface area contributed by atoms with Gasteiger partial charge in [0.05, 0.1) is 51.9 Å². The van der Waals surface area contributed by atoms with Crippen LogP contribution in [-0.4, -0.2) is 81.7 Å². The second-order valence-corrected chi connectivity index (χ2v) is 6.35. The van der Waals surface area contributed by atoms with Crippen molar-refractivity contribution in [2.75, 3.05) is 49.3 Å². The maximum absolute atomic E-state index is 12.1. The summed E-state index contributed by atoms with van der Waals surface area (Å²) >= 11 is 0. The van der Waals surface area contributed by atoms with Gasteiger partial charge in [-0.3, -0.25) is 19.4 Å². The van der Waals surface area contributed by atoms with Gasteiger partial charge in [0.1, 0.15) is 11.4 Å². The van der Waals surface area contributed by atoms with Crippen molar-refractivity contribution in [3.63, 3.8) is 0 Å². The quantitative estimate of drug-likeness (QED) is 0.324. The van der Waals surface area contributed by atoms with Gasteiger partial charge >= 0.3 is 0 Å². The van der Waals surface area contributed by atoms with Crippen molar-refractivity contribution < 1.29 is 19.1 Å². The molecule has 12 heteroatoms. The van der Waals surface area contributed by atoms with Crippen LogP contribution in [0.4, 0.5) is 11.9 Å². The molecular weight excluding hydrogens is 416 g/mol. The maximum atomic E-state index is 12.1. The highest BCUT2D eigenvalue weighted by molar-refractivity contribution is 5.90. The third-order valence-electron chi connectivity index (χ3n) is 3.99. The molecule has 0 unspecified atom stereocenters. The number of hydrogen-bond acceptors (Lipinski definition) is 10. The van der Waals surface area contributed by atoms with Gasteiger partial charge in [0.15, 0.2) is 0 Å². The van der Waals surface area contributed by atoms with Crippen molar-refractivity contribution >= 4 is 23.7 Å². The summed E-state index contributed by atoms with van der Waals surface area (Å²) in [5, 5.41) is 15.7. The highest BCUT2D eigenvalue weighted by Gasteiger charge is 2.19. The molecule has 2 rings (SSSR count). The van der Waals surface area contributed by atoms with Gasteiger partial charge in [0, 0.05) is 13.8 Å². The predicted molar refractivity (Wildman–Crippen MR) is 117 cm³/mol. The molecular formula is C20H26N8O4. The number of anilines is 2. The van der Waals surface area contributed by atoms with Crippen LogP contribution in [0.5, 0.6) is 0 Å². The molecule has 0 aliphatic rings. The Hall–Kier alpha value is -3.64. The van der Waals surface area contributed by atoms with Crippen LogP contribution in [0.1, 0.15) is 13.8 Å². The van der Waals surface area contributed by atoms with Crippen LogP contribution in [0.3, 0.4) is 0 Å². The van der Waals surface area contributed by atoms with Gasteiger partial charge in [-0.1, -0.05) is 12.2 Å². The minimum atomic E-state index is -0.269. The summed E-state index contributed by atoms with van der Waals surface area (Å²) in [6.45, 7) is 11.7. The van der Waals surface area contributed by atoms with Gasteiger partial charge < -0.3 is 9.47 Å². The fraction of sp³-hybridized carbons (Fsp3) is 0.400. The normalized spacial score (nSPS) is 10.4. The molecule has 2 amide bonds. The molecule has 0 atom stereocenters. The first-order valence-corrected chi connectivity index (χ1v) is 9.81. The Morgan fingerprint density at radius 2 is 1.25 bits per heavy atom. The maximum Gasteiger partial charge on any atom is 0.252 e.